The largest absolute Gasteiger partial charge is 0.401 e. The maximum atomic E-state index is 12.3. The molecule has 0 bridgehead atoms. The number of nitrogens with zero attached hydrogens (tertiary/aromatic N) is 1. The van der Waals surface area contributed by atoms with Crippen LogP contribution in [0.1, 0.15) is 17.4 Å². The van der Waals surface area contributed by atoms with Gasteiger partial charge in [0.25, 0.3) is 0 Å². The summed E-state index contributed by atoms with van der Waals surface area (Å²) in [4.78, 5) is 2.11. The van der Waals surface area contributed by atoms with Crippen molar-refractivity contribution in [3.8, 4) is 11.8 Å². The Morgan fingerprint density at radius 2 is 2.17 bits per heavy atom. The van der Waals surface area contributed by atoms with Gasteiger partial charge < -0.3 is 5.11 Å². The summed E-state index contributed by atoms with van der Waals surface area (Å²) in [6.45, 7) is 1.06. The zero-order chi connectivity index (χ0) is 13.6. The second-order valence-corrected chi connectivity index (χ2v) is 4.64. The number of rotatable bonds is 4. The Hall–Kier alpha value is -1.03. The van der Waals surface area contributed by atoms with Crippen molar-refractivity contribution in [2.75, 3.05) is 19.7 Å². The Bertz CT molecular complexity index is 431. The average Bonchev–Trinajstić information content (AvgIpc) is 2.71. The predicted molar refractivity (Wildman–Crippen MR) is 65.3 cm³/mol. The van der Waals surface area contributed by atoms with Crippen molar-refractivity contribution in [2.45, 2.75) is 19.6 Å². The highest BCUT2D eigenvalue weighted by molar-refractivity contribution is 7.10. The van der Waals surface area contributed by atoms with E-state index >= 15 is 0 Å². The molecule has 1 N–H and O–H groups in total. The van der Waals surface area contributed by atoms with Crippen LogP contribution in [0.3, 0.4) is 0 Å². The molecule has 0 atom stereocenters. The van der Waals surface area contributed by atoms with Gasteiger partial charge >= 0.3 is 6.18 Å². The summed E-state index contributed by atoms with van der Waals surface area (Å²) in [6.07, 6.45) is -4.19. The maximum Gasteiger partial charge on any atom is 0.401 e. The van der Waals surface area contributed by atoms with Crippen LogP contribution in [0.5, 0.6) is 0 Å². The summed E-state index contributed by atoms with van der Waals surface area (Å²) in [5, 5.41) is 10.4. The van der Waals surface area contributed by atoms with Gasteiger partial charge in [-0.3, -0.25) is 4.90 Å². The first-order chi connectivity index (χ1) is 8.46. The fourth-order valence-electron chi connectivity index (χ4n) is 1.45. The number of hydrogen-bond donors (Lipinski definition) is 1. The summed E-state index contributed by atoms with van der Waals surface area (Å²) in [6, 6.07) is 1.75. The third kappa shape index (κ3) is 5.08. The first kappa shape index (κ1) is 15.0. The third-order valence-corrected chi connectivity index (χ3v) is 3.17. The van der Waals surface area contributed by atoms with Crippen molar-refractivity contribution >= 4 is 11.3 Å². The molecule has 0 aromatic carbocycles. The van der Waals surface area contributed by atoms with Crippen LogP contribution in [0.4, 0.5) is 13.2 Å². The molecule has 0 aliphatic heterocycles. The van der Waals surface area contributed by atoms with Crippen LogP contribution in [-0.4, -0.2) is 35.9 Å². The van der Waals surface area contributed by atoms with E-state index in [0.717, 1.165) is 4.88 Å². The van der Waals surface area contributed by atoms with Crippen LogP contribution in [0.15, 0.2) is 11.4 Å². The maximum absolute atomic E-state index is 12.3. The lowest BCUT2D eigenvalue weighted by Gasteiger charge is -2.21. The first-order valence-corrected chi connectivity index (χ1v) is 6.29. The van der Waals surface area contributed by atoms with Crippen LogP contribution in [-0.2, 0) is 6.54 Å². The minimum Gasteiger partial charge on any atom is -0.384 e. The zero-order valence-corrected chi connectivity index (χ0v) is 10.7. The lowest BCUT2D eigenvalue weighted by Crippen LogP contribution is -2.33. The summed E-state index contributed by atoms with van der Waals surface area (Å²) < 4.78 is 37.0. The molecule has 1 rings (SSSR count). The average molecular weight is 277 g/mol. The van der Waals surface area contributed by atoms with Gasteiger partial charge in [0.1, 0.15) is 6.61 Å². The number of hydrogen-bond acceptors (Lipinski definition) is 3. The quantitative estimate of drug-likeness (QED) is 0.855. The van der Waals surface area contributed by atoms with Gasteiger partial charge in [-0.2, -0.15) is 13.2 Å². The molecule has 0 radical (unpaired) electrons. The smallest absolute Gasteiger partial charge is 0.384 e. The van der Waals surface area contributed by atoms with Gasteiger partial charge in [0.15, 0.2) is 0 Å². The summed E-state index contributed by atoms with van der Waals surface area (Å²) in [7, 11) is 0. The highest BCUT2D eigenvalue weighted by Gasteiger charge is 2.30. The van der Waals surface area contributed by atoms with E-state index in [9.17, 15) is 13.2 Å². The summed E-state index contributed by atoms with van der Waals surface area (Å²) in [5.74, 6) is 5.24. The molecule has 0 spiro atoms. The van der Waals surface area contributed by atoms with Crippen molar-refractivity contribution < 1.29 is 18.3 Å². The highest BCUT2D eigenvalue weighted by Crippen LogP contribution is 2.21. The lowest BCUT2D eigenvalue weighted by atomic mass is 10.2. The van der Waals surface area contributed by atoms with Gasteiger partial charge in [0.2, 0.25) is 0 Å². The minimum atomic E-state index is -4.19. The van der Waals surface area contributed by atoms with E-state index in [2.05, 4.69) is 11.8 Å². The molecule has 0 fully saturated rings. The van der Waals surface area contributed by atoms with Gasteiger partial charge in [-0.25, -0.2) is 0 Å². The molecule has 100 valence electrons. The first-order valence-electron chi connectivity index (χ1n) is 5.41. The molecule has 2 nitrogen and oxygen atoms in total. The molecule has 0 saturated carbocycles. The lowest BCUT2D eigenvalue weighted by molar-refractivity contribution is -0.146. The van der Waals surface area contributed by atoms with Crippen LogP contribution in [0.25, 0.3) is 0 Å². The standard InChI is InChI=1S/C12H14F3NOS/c1-2-16(9-12(13,14)15)8-11-10(4-3-6-17)5-7-18-11/h5,7,17H,2,6,8-9H2,1H3. The van der Waals surface area contributed by atoms with E-state index in [1.165, 1.54) is 16.2 Å². The Labute approximate surface area is 108 Å². The van der Waals surface area contributed by atoms with Crippen molar-refractivity contribution in [3.63, 3.8) is 0 Å². The third-order valence-electron chi connectivity index (χ3n) is 2.26. The fourth-order valence-corrected chi connectivity index (χ4v) is 2.32. The Kier molecular flexibility index (Phi) is 5.66. The van der Waals surface area contributed by atoms with Crippen molar-refractivity contribution in [2.24, 2.45) is 0 Å². The normalized spacial score (nSPS) is 11.4. The van der Waals surface area contributed by atoms with Crippen molar-refractivity contribution in [3.05, 3.63) is 21.9 Å². The molecular formula is C12H14F3NOS. The fraction of sp³-hybridized carbons (Fsp3) is 0.500. The monoisotopic (exact) mass is 277 g/mol. The number of aliphatic hydroxyl groups is 1. The Balaban J connectivity index is 2.73. The van der Waals surface area contributed by atoms with Gasteiger partial charge in [0.05, 0.1) is 6.54 Å². The van der Waals surface area contributed by atoms with Gasteiger partial charge in [-0.1, -0.05) is 18.8 Å². The topological polar surface area (TPSA) is 23.5 Å². The van der Waals surface area contributed by atoms with E-state index in [0.29, 0.717) is 12.1 Å². The van der Waals surface area contributed by atoms with E-state index in [1.54, 1.807) is 18.4 Å². The van der Waals surface area contributed by atoms with E-state index in [4.69, 9.17) is 5.11 Å². The van der Waals surface area contributed by atoms with E-state index < -0.39 is 12.7 Å². The second kappa shape index (κ2) is 6.78. The SMILES string of the molecule is CCN(Cc1sccc1C#CCO)CC(F)(F)F. The van der Waals surface area contributed by atoms with Gasteiger partial charge in [0, 0.05) is 17.0 Å². The number of thiophene rings is 1. The molecule has 0 aliphatic carbocycles. The zero-order valence-electron chi connectivity index (χ0n) is 9.92. The molecule has 0 unspecified atom stereocenters. The molecule has 0 saturated heterocycles. The van der Waals surface area contributed by atoms with Gasteiger partial charge in [-0.05, 0) is 18.0 Å². The Morgan fingerprint density at radius 1 is 1.44 bits per heavy atom. The number of aliphatic hydroxyl groups excluding tert-OH is 1. The molecule has 1 heterocycles. The summed E-state index contributed by atoms with van der Waals surface area (Å²) in [5.41, 5.74) is 0.690. The molecule has 1 aromatic heterocycles. The van der Waals surface area contributed by atoms with Crippen LogP contribution in [0, 0.1) is 11.8 Å². The predicted octanol–water partition coefficient (Wildman–Crippen LogP) is 2.48. The summed E-state index contributed by atoms with van der Waals surface area (Å²) >= 11 is 1.38. The molecule has 1 aromatic rings. The second-order valence-electron chi connectivity index (χ2n) is 3.64. The van der Waals surface area contributed by atoms with E-state index in [1.807, 2.05) is 0 Å². The van der Waals surface area contributed by atoms with Crippen LogP contribution in [0.2, 0.25) is 0 Å². The van der Waals surface area contributed by atoms with Gasteiger partial charge in [-0.15, -0.1) is 11.3 Å². The van der Waals surface area contributed by atoms with E-state index in [-0.39, 0.29) is 13.2 Å². The molecule has 6 heteroatoms. The van der Waals surface area contributed by atoms with Crippen molar-refractivity contribution in [1.29, 1.82) is 0 Å². The molecule has 18 heavy (non-hydrogen) atoms. The molecule has 0 amide bonds. The molecular weight excluding hydrogens is 263 g/mol. The number of alkyl halides is 3. The van der Waals surface area contributed by atoms with Crippen molar-refractivity contribution in [1.82, 2.24) is 4.90 Å². The molecule has 0 aliphatic rings. The highest BCUT2D eigenvalue weighted by atomic mass is 32.1. The number of halogens is 3. The minimum absolute atomic E-state index is 0.225. The van der Waals surface area contributed by atoms with Crippen LogP contribution >= 0.6 is 11.3 Å². The van der Waals surface area contributed by atoms with Crippen LogP contribution < -0.4 is 0 Å². The Morgan fingerprint density at radius 3 is 2.72 bits per heavy atom.